The first-order valence-electron chi connectivity index (χ1n) is 5.80. The molecule has 0 radical (unpaired) electrons. The summed E-state index contributed by atoms with van der Waals surface area (Å²) in [5.41, 5.74) is 0.907. The predicted octanol–water partition coefficient (Wildman–Crippen LogP) is 1.17. The van der Waals surface area contributed by atoms with Crippen molar-refractivity contribution in [1.29, 1.82) is 0 Å². The van der Waals surface area contributed by atoms with Crippen molar-refractivity contribution in [1.82, 2.24) is 10.3 Å². The van der Waals surface area contributed by atoms with E-state index in [9.17, 15) is 8.42 Å². The summed E-state index contributed by atoms with van der Waals surface area (Å²) in [5.74, 6) is 1.83. The maximum atomic E-state index is 11.6. The lowest BCUT2D eigenvalue weighted by Gasteiger charge is -2.20. The van der Waals surface area contributed by atoms with Gasteiger partial charge in [0.15, 0.2) is 9.84 Å². The average molecular weight is 258 g/mol. The smallest absolute Gasteiger partial charge is 0.212 e. The molecule has 1 aliphatic heterocycles. The second-order valence-corrected chi connectivity index (χ2v) is 7.00. The fraction of sp³-hybridized carbons (Fsp3) is 0.727. The Labute approximate surface area is 102 Å². The van der Waals surface area contributed by atoms with Crippen LogP contribution >= 0.6 is 0 Å². The largest absolute Gasteiger partial charge is 0.444 e. The Bertz CT molecular complexity index is 505. The number of aromatic nitrogens is 1. The Morgan fingerprint density at radius 2 is 2.18 bits per heavy atom. The SMILES string of the molecule is Cc1oc(C2CS(=O)(=O)CCN2)nc1C(C)C. The molecule has 0 spiro atoms. The zero-order valence-corrected chi connectivity index (χ0v) is 11.2. The number of hydrogen-bond donors (Lipinski definition) is 1. The van der Waals surface area contributed by atoms with Crippen molar-refractivity contribution < 1.29 is 12.8 Å². The average Bonchev–Trinajstić information content (AvgIpc) is 2.59. The number of aryl methyl sites for hydroxylation is 1. The number of nitrogens with zero attached hydrogens (tertiary/aromatic N) is 1. The highest BCUT2D eigenvalue weighted by Crippen LogP contribution is 2.24. The van der Waals surface area contributed by atoms with Gasteiger partial charge in [0.25, 0.3) is 0 Å². The van der Waals surface area contributed by atoms with Gasteiger partial charge in [-0.05, 0) is 12.8 Å². The van der Waals surface area contributed by atoms with Crippen LogP contribution in [-0.2, 0) is 9.84 Å². The summed E-state index contributed by atoms with van der Waals surface area (Å²) in [6.45, 7) is 6.41. The molecular formula is C11H18N2O3S. The van der Waals surface area contributed by atoms with Gasteiger partial charge in [-0.2, -0.15) is 0 Å². The van der Waals surface area contributed by atoms with Crippen molar-refractivity contribution in [2.45, 2.75) is 32.7 Å². The van der Waals surface area contributed by atoms with E-state index in [0.717, 1.165) is 11.5 Å². The van der Waals surface area contributed by atoms with E-state index in [1.165, 1.54) is 0 Å². The molecule has 6 heteroatoms. The minimum Gasteiger partial charge on any atom is -0.444 e. The molecule has 96 valence electrons. The Morgan fingerprint density at radius 1 is 1.47 bits per heavy atom. The van der Waals surface area contributed by atoms with Crippen molar-refractivity contribution in [2.75, 3.05) is 18.1 Å². The van der Waals surface area contributed by atoms with Gasteiger partial charge in [0, 0.05) is 6.54 Å². The second kappa shape index (κ2) is 4.42. The molecule has 1 unspecified atom stereocenters. The standard InChI is InChI=1S/C11H18N2O3S/c1-7(2)10-8(3)16-11(13-10)9-6-17(14,15)5-4-12-9/h7,9,12H,4-6H2,1-3H3. The molecule has 1 aliphatic rings. The van der Waals surface area contributed by atoms with Crippen LogP contribution in [0.2, 0.25) is 0 Å². The van der Waals surface area contributed by atoms with E-state index >= 15 is 0 Å². The lowest BCUT2D eigenvalue weighted by molar-refractivity contribution is 0.400. The molecular weight excluding hydrogens is 240 g/mol. The van der Waals surface area contributed by atoms with Crippen LogP contribution in [0.25, 0.3) is 0 Å². The predicted molar refractivity (Wildman–Crippen MR) is 64.7 cm³/mol. The Morgan fingerprint density at radius 3 is 2.71 bits per heavy atom. The van der Waals surface area contributed by atoms with Gasteiger partial charge in [0.1, 0.15) is 5.76 Å². The van der Waals surface area contributed by atoms with Gasteiger partial charge in [0.2, 0.25) is 5.89 Å². The minimum atomic E-state index is -2.97. The molecule has 1 N–H and O–H groups in total. The Balaban J connectivity index is 2.26. The van der Waals surface area contributed by atoms with E-state index in [-0.39, 0.29) is 23.5 Å². The van der Waals surface area contributed by atoms with Crippen molar-refractivity contribution in [3.63, 3.8) is 0 Å². The maximum Gasteiger partial charge on any atom is 0.212 e. The van der Waals surface area contributed by atoms with Crippen molar-refractivity contribution in [3.8, 4) is 0 Å². The number of sulfone groups is 1. The van der Waals surface area contributed by atoms with Crippen molar-refractivity contribution in [3.05, 3.63) is 17.3 Å². The lowest BCUT2D eigenvalue weighted by atomic mass is 10.1. The quantitative estimate of drug-likeness (QED) is 0.862. The summed E-state index contributed by atoms with van der Waals surface area (Å²) >= 11 is 0. The van der Waals surface area contributed by atoms with Crippen LogP contribution in [0.15, 0.2) is 4.42 Å². The summed E-state index contributed by atoms with van der Waals surface area (Å²) in [6.07, 6.45) is 0. The Hall–Kier alpha value is -0.880. The molecule has 2 rings (SSSR count). The first kappa shape index (κ1) is 12.6. The highest BCUT2D eigenvalue weighted by Gasteiger charge is 2.29. The highest BCUT2D eigenvalue weighted by molar-refractivity contribution is 7.91. The van der Waals surface area contributed by atoms with Gasteiger partial charge in [-0.15, -0.1) is 0 Å². The van der Waals surface area contributed by atoms with Gasteiger partial charge < -0.3 is 9.73 Å². The molecule has 0 saturated carbocycles. The third-order valence-electron chi connectivity index (χ3n) is 2.92. The minimum absolute atomic E-state index is 0.0739. The van der Waals surface area contributed by atoms with E-state index in [1.54, 1.807) is 0 Å². The summed E-state index contributed by atoms with van der Waals surface area (Å²) in [6, 6.07) is -0.306. The summed E-state index contributed by atoms with van der Waals surface area (Å²) in [5, 5.41) is 3.14. The van der Waals surface area contributed by atoms with Crippen LogP contribution < -0.4 is 5.32 Å². The van der Waals surface area contributed by atoms with Gasteiger partial charge in [-0.1, -0.05) is 13.8 Å². The fourth-order valence-corrected chi connectivity index (χ4v) is 3.42. The van der Waals surface area contributed by atoms with E-state index in [4.69, 9.17) is 4.42 Å². The summed E-state index contributed by atoms with van der Waals surface area (Å²) in [4.78, 5) is 4.40. The highest BCUT2D eigenvalue weighted by atomic mass is 32.2. The zero-order valence-electron chi connectivity index (χ0n) is 10.4. The third-order valence-corrected chi connectivity index (χ3v) is 4.59. The molecule has 0 aromatic carbocycles. The lowest BCUT2D eigenvalue weighted by Crippen LogP contribution is -2.39. The first-order chi connectivity index (χ1) is 7.89. The number of oxazole rings is 1. The zero-order chi connectivity index (χ0) is 12.6. The van der Waals surface area contributed by atoms with Gasteiger partial charge >= 0.3 is 0 Å². The van der Waals surface area contributed by atoms with E-state index in [0.29, 0.717) is 12.4 Å². The monoisotopic (exact) mass is 258 g/mol. The molecule has 1 aromatic heterocycles. The van der Waals surface area contributed by atoms with Crippen LogP contribution in [0.5, 0.6) is 0 Å². The van der Waals surface area contributed by atoms with E-state index in [1.807, 2.05) is 20.8 Å². The number of rotatable bonds is 2. The Kier molecular flexibility index (Phi) is 3.27. The number of nitrogens with one attached hydrogen (secondary N) is 1. The molecule has 17 heavy (non-hydrogen) atoms. The molecule has 1 fully saturated rings. The van der Waals surface area contributed by atoms with Crippen LogP contribution in [0.1, 0.15) is 43.2 Å². The van der Waals surface area contributed by atoms with Crippen LogP contribution in [0.4, 0.5) is 0 Å². The molecule has 5 nitrogen and oxygen atoms in total. The van der Waals surface area contributed by atoms with E-state index in [2.05, 4.69) is 10.3 Å². The maximum absolute atomic E-state index is 11.6. The van der Waals surface area contributed by atoms with Crippen molar-refractivity contribution in [2.24, 2.45) is 0 Å². The van der Waals surface area contributed by atoms with Crippen LogP contribution in [-0.4, -0.2) is 31.5 Å². The summed E-state index contributed by atoms with van der Waals surface area (Å²) < 4.78 is 28.7. The normalized spacial score (nSPS) is 24.1. The van der Waals surface area contributed by atoms with E-state index < -0.39 is 9.84 Å². The van der Waals surface area contributed by atoms with Gasteiger partial charge in [-0.3, -0.25) is 0 Å². The molecule has 0 bridgehead atoms. The van der Waals surface area contributed by atoms with Gasteiger partial charge in [0.05, 0.1) is 23.2 Å². The topological polar surface area (TPSA) is 72.2 Å². The molecule has 0 amide bonds. The molecule has 1 atom stereocenters. The first-order valence-corrected chi connectivity index (χ1v) is 7.62. The van der Waals surface area contributed by atoms with Gasteiger partial charge in [-0.25, -0.2) is 13.4 Å². The molecule has 0 aliphatic carbocycles. The summed E-state index contributed by atoms with van der Waals surface area (Å²) in [7, 11) is -2.97. The fourth-order valence-electron chi connectivity index (χ4n) is 2.06. The molecule has 1 aromatic rings. The molecule has 1 saturated heterocycles. The van der Waals surface area contributed by atoms with Crippen LogP contribution in [0, 0.1) is 6.92 Å². The number of hydrogen-bond acceptors (Lipinski definition) is 5. The van der Waals surface area contributed by atoms with Crippen LogP contribution in [0.3, 0.4) is 0 Å². The molecule has 2 heterocycles. The third kappa shape index (κ3) is 2.69. The van der Waals surface area contributed by atoms with Crippen molar-refractivity contribution >= 4 is 9.84 Å². The second-order valence-electron chi connectivity index (χ2n) is 4.77.